The van der Waals surface area contributed by atoms with Crippen molar-refractivity contribution in [2.24, 2.45) is 0 Å². The summed E-state index contributed by atoms with van der Waals surface area (Å²) in [7, 11) is 3.23. The number of aliphatic hydroxyl groups is 1. The minimum atomic E-state index is -1.18. The van der Waals surface area contributed by atoms with Crippen molar-refractivity contribution in [1.82, 2.24) is 9.88 Å². The number of carbonyl (C=O) groups is 1. The van der Waals surface area contributed by atoms with Gasteiger partial charge in [-0.25, -0.2) is 4.98 Å². The zero-order chi connectivity index (χ0) is 15.2. The van der Waals surface area contributed by atoms with Crippen LogP contribution < -0.4 is 4.74 Å². The molecule has 0 saturated heterocycles. The molecule has 1 heterocycles. The predicted molar refractivity (Wildman–Crippen MR) is 81.4 cm³/mol. The molecule has 1 N–H and O–H groups in total. The summed E-state index contributed by atoms with van der Waals surface area (Å²) in [6, 6.07) is 6.89. The van der Waals surface area contributed by atoms with Crippen LogP contribution in [0.4, 0.5) is 0 Å². The first-order valence-corrected chi connectivity index (χ1v) is 7.45. The van der Waals surface area contributed by atoms with Crippen molar-refractivity contribution in [3.8, 4) is 5.75 Å². The molecular weight excluding hydrogens is 288 g/mol. The van der Waals surface area contributed by atoms with Crippen molar-refractivity contribution in [1.29, 1.82) is 0 Å². The molecule has 0 aliphatic carbocycles. The van der Waals surface area contributed by atoms with Crippen LogP contribution in [-0.2, 0) is 11.2 Å². The fourth-order valence-electron chi connectivity index (χ4n) is 1.91. The number of nitrogens with zero attached hydrogens (tertiary/aromatic N) is 2. The lowest BCUT2D eigenvalue weighted by molar-refractivity contribution is -0.139. The highest BCUT2D eigenvalue weighted by Crippen LogP contribution is 2.20. The van der Waals surface area contributed by atoms with Crippen molar-refractivity contribution in [2.75, 3.05) is 20.7 Å². The van der Waals surface area contributed by atoms with E-state index in [0.29, 0.717) is 24.3 Å². The predicted octanol–water partition coefficient (Wildman–Crippen LogP) is 1.89. The minimum Gasteiger partial charge on any atom is -0.497 e. The van der Waals surface area contributed by atoms with Crippen molar-refractivity contribution in [3.05, 3.63) is 46.4 Å². The Morgan fingerprint density at radius 2 is 2.33 bits per heavy atom. The lowest BCUT2D eigenvalue weighted by Crippen LogP contribution is -2.33. The summed E-state index contributed by atoms with van der Waals surface area (Å²) in [5, 5.41) is 13.1. The third kappa shape index (κ3) is 4.03. The summed E-state index contributed by atoms with van der Waals surface area (Å²) in [5.41, 5.74) is 0.528. The maximum absolute atomic E-state index is 12.2. The number of hydrogen-bond donors (Lipinski definition) is 1. The summed E-state index contributed by atoms with van der Waals surface area (Å²) in [5.74, 6) is 0.282. The lowest BCUT2D eigenvalue weighted by Gasteiger charge is -2.20. The van der Waals surface area contributed by atoms with Crippen molar-refractivity contribution in [2.45, 2.75) is 12.5 Å². The Labute approximate surface area is 127 Å². The van der Waals surface area contributed by atoms with E-state index < -0.39 is 6.10 Å². The smallest absolute Gasteiger partial charge is 0.255 e. The van der Waals surface area contributed by atoms with Gasteiger partial charge in [-0.05, 0) is 17.7 Å². The SMILES string of the molecule is COc1cccc(C(O)C(=O)N(C)CCc2nccs2)c1. The average Bonchev–Trinajstić information content (AvgIpc) is 3.04. The molecule has 112 valence electrons. The topological polar surface area (TPSA) is 62.7 Å². The largest absolute Gasteiger partial charge is 0.497 e. The van der Waals surface area contributed by atoms with Gasteiger partial charge in [0.1, 0.15) is 5.75 Å². The maximum atomic E-state index is 12.2. The third-order valence-corrected chi connectivity index (χ3v) is 4.00. The second-order valence-electron chi connectivity index (χ2n) is 4.61. The van der Waals surface area contributed by atoms with Crippen LogP contribution in [0.5, 0.6) is 5.75 Å². The molecule has 0 aliphatic heterocycles. The average molecular weight is 306 g/mol. The van der Waals surface area contributed by atoms with Gasteiger partial charge in [0.2, 0.25) is 0 Å². The molecule has 0 fully saturated rings. The number of aliphatic hydroxyl groups excluding tert-OH is 1. The maximum Gasteiger partial charge on any atom is 0.255 e. The van der Waals surface area contributed by atoms with Crippen LogP contribution in [0, 0.1) is 0 Å². The van der Waals surface area contributed by atoms with Gasteiger partial charge in [0.25, 0.3) is 5.91 Å². The van der Waals surface area contributed by atoms with Crippen molar-refractivity contribution in [3.63, 3.8) is 0 Å². The number of ether oxygens (including phenoxy) is 1. The number of aromatic nitrogens is 1. The summed E-state index contributed by atoms with van der Waals surface area (Å²) in [6.07, 6.45) is 1.25. The molecule has 0 radical (unpaired) electrons. The normalized spacial score (nSPS) is 12.0. The van der Waals surface area contributed by atoms with E-state index >= 15 is 0 Å². The van der Waals surface area contributed by atoms with Crippen LogP contribution in [0.25, 0.3) is 0 Å². The summed E-state index contributed by atoms with van der Waals surface area (Å²) in [6.45, 7) is 0.521. The Kier molecular flexibility index (Phi) is 5.30. The van der Waals surface area contributed by atoms with E-state index in [4.69, 9.17) is 4.74 Å². The fourth-order valence-corrected chi connectivity index (χ4v) is 2.52. The van der Waals surface area contributed by atoms with E-state index in [1.165, 1.54) is 4.90 Å². The van der Waals surface area contributed by atoms with Gasteiger partial charge >= 0.3 is 0 Å². The van der Waals surface area contributed by atoms with Crippen LogP contribution in [0.3, 0.4) is 0 Å². The van der Waals surface area contributed by atoms with E-state index in [1.807, 2.05) is 5.38 Å². The van der Waals surface area contributed by atoms with Crippen LogP contribution in [0.15, 0.2) is 35.8 Å². The van der Waals surface area contributed by atoms with Crippen LogP contribution in [0.2, 0.25) is 0 Å². The molecule has 0 aliphatic rings. The fraction of sp³-hybridized carbons (Fsp3) is 0.333. The number of rotatable bonds is 6. The van der Waals surface area contributed by atoms with Crippen LogP contribution >= 0.6 is 11.3 Å². The molecular formula is C15H18N2O3S. The third-order valence-electron chi connectivity index (χ3n) is 3.16. The van der Waals surface area contributed by atoms with Gasteiger partial charge < -0.3 is 14.7 Å². The standard InChI is InChI=1S/C15H18N2O3S/c1-17(8-6-13-16-7-9-21-13)15(19)14(18)11-4-3-5-12(10-11)20-2/h3-5,7,9-10,14,18H,6,8H2,1-2H3. The Morgan fingerprint density at radius 1 is 1.52 bits per heavy atom. The number of methoxy groups -OCH3 is 1. The first-order chi connectivity index (χ1) is 10.1. The van der Waals surface area contributed by atoms with E-state index in [0.717, 1.165) is 5.01 Å². The number of thiazole rings is 1. The second kappa shape index (κ2) is 7.19. The quantitative estimate of drug-likeness (QED) is 0.885. The highest BCUT2D eigenvalue weighted by molar-refractivity contribution is 7.09. The Hall–Kier alpha value is -1.92. The van der Waals surface area contributed by atoms with Gasteiger partial charge in [0, 0.05) is 31.6 Å². The first-order valence-electron chi connectivity index (χ1n) is 6.57. The molecule has 1 aromatic heterocycles. The zero-order valence-corrected chi connectivity index (χ0v) is 12.8. The second-order valence-corrected chi connectivity index (χ2v) is 5.59. The number of amides is 1. The van der Waals surface area contributed by atoms with Crippen molar-refractivity contribution < 1.29 is 14.6 Å². The molecule has 21 heavy (non-hydrogen) atoms. The molecule has 0 saturated carbocycles. The van der Waals surface area contributed by atoms with Crippen LogP contribution in [0.1, 0.15) is 16.7 Å². The van der Waals surface area contributed by atoms with E-state index in [1.54, 1.807) is 56.0 Å². The molecule has 2 aromatic rings. The summed E-state index contributed by atoms with van der Waals surface area (Å²) in [4.78, 5) is 17.9. The molecule has 0 spiro atoms. The number of likely N-dealkylation sites (N-methyl/N-ethyl adjacent to an activating group) is 1. The van der Waals surface area contributed by atoms with Gasteiger partial charge in [-0.2, -0.15) is 0 Å². The lowest BCUT2D eigenvalue weighted by atomic mass is 10.1. The van der Waals surface area contributed by atoms with Crippen molar-refractivity contribution >= 4 is 17.2 Å². The minimum absolute atomic E-state index is 0.334. The molecule has 6 heteroatoms. The van der Waals surface area contributed by atoms with E-state index in [2.05, 4.69) is 4.98 Å². The molecule has 1 unspecified atom stereocenters. The molecule has 1 amide bonds. The number of hydrogen-bond acceptors (Lipinski definition) is 5. The van der Waals surface area contributed by atoms with Gasteiger partial charge in [-0.15, -0.1) is 11.3 Å². The summed E-state index contributed by atoms with van der Waals surface area (Å²) >= 11 is 1.56. The molecule has 2 rings (SSSR count). The highest BCUT2D eigenvalue weighted by atomic mass is 32.1. The van der Waals surface area contributed by atoms with E-state index in [-0.39, 0.29) is 5.91 Å². The highest BCUT2D eigenvalue weighted by Gasteiger charge is 2.21. The van der Waals surface area contributed by atoms with Crippen LogP contribution in [-0.4, -0.2) is 41.6 Å². The van der Waals surface area contributed by atoms with E-state index in [9.17, 15) is 9.90 Å². The molecule has 0 bridgehead atoms. The van der Waals surface area contributed by atoms with Gasteiger partial charge in [0.05, 0.1) is 12.1 Å². The Balaban J connectivity index is 1.97. The van der Waals surface area contributed by atoms with Gasteiger partial charge in [0.15, 0.2) is 6.10 Å². The Bertz CT molecular complexity index is 586. The van der Waals surface area contributed by atoms with Gasteiger partial charge in [-0.1, -0.05) is 12.1 Å². The molecule has 1 aromatic carbocycles. The summed E-state index contributed by atoms with van der Waals surface area (Å²) < 4.78 is 5.10. The molecule has 5 nitrogen and oxygen atoms in total. The number of benzene rings is 1. The Morgan fingerprint density at radius 3 is 3.00 bits per heavy atom. The molecule has 1 atom stereocenters. The number of carbonyl (C=O) groups excluding carboxylic acids is 1. The first kappa shape index (κ1) is 15.5. The van der Waals surface area contributed by atoms with Gasteiger partial charge in [-0.3, -0.25) is 4.79 Å². The zero-order valence-electron chi connectivity index (χ0n) is 12.0. The monoisotopic (exact) mass is 306 g/mol.